The summed E-state index contributed by atoms with van der Waals surface area (Å²) in [7, 11) is 0. The van der Waals surface area contributed by atoms with E-state index in [0.29, 0.717) is 5.92 Å². The molecule has 66 valence electrons. The van der Waals surface area contributed by atoms with E-state index >= 15 is 0 Å². The summed E-state index contributed by atoms with van der Waals surface area (Å²) in [6.45, 7) is 7.17. The number of hydrogen-bond acceptors (Lipinski definition) is 2. The quantitative estimate of drug-likeness (QED) is 0.462. The molecule has 0 spiro atoms. The van der Waals surface area contributed by atoms with Crippen LogP contribution < -0.4 is 0 Å². The Morgan fingerprint density at radius 1 is 1.58 bits per heavy atom. The Labute approximate surface area is 73.6 Å². The van der Waals surface area contributed by atoms with E-state index in [-0.39, 0.29) is 18.5 Å². The molecule has 0 fully saturated rings. The molecule has 0 saturated carbocycles. The molecule has 0 aromatic carbocycles. The van der Waals surface area contributed by atoms with Crippen LogP contribution in [0, 0.1) is 18.8 Å². The zero-order chi connectivity index (χ0) is 8.97. The number of ether oxygens (including phenoxy) is 1. The Hall–Kier alpha value is -0.790. The van der Waals surface area contributed by atoms with Gasteiger partial charge in [0.2, 0.25) is 0 Å². The highest BCUT2D eigenvalue weighted by atomic mass is 16.5. The van der Waals surface area contributed by atoms with Crippen LogP contribution in [0.15, 0.2) is 12.2 Å². The second-order valence-corrected chi connectivity index (χ2v) is 3.16. The number of carbonyl (C=O) groups is 1. The summed E-state index contributed by atoms with van der Waals surface area (Å²) in [5.41, 5.74) is 0. The molecule has 0 N–H and O–H groups in total. The van der Waals surface area contributed by atoms with E-state index in [1.165, 1.54) is 0 Å². The van der Waals surface area contributed by atoms with E-state index in [0.717, 1.165) is 12.8 Å². The van der Waals surface area contributed by atoms with E-state index in [9.17, 15) is 4.79 Å². The summed E-state index contributed by atoms with van der Waals surface area (Å²) in [6, 6.07) is 0. The smallest absolute Gasteiger partial charge is 0.309 e. The van der Waals surface area contributed by atoms with Crippen molar-refractivity contribution in [2.45, 2.75) is 19.8 Å². The van der Waals surface area contributed by atoms with Gasteiger partial charge in [-0.3, -0.25) is 4.79 Å². The molecular formula is C10H14O2. The molecule has 0 amide bonds. The number of rotatable bonds is 2. The van der Waals surface area contributed by atoms with Crippen molar-refractivity contribution in [2.24, 2.45) is 11.8 Å². The van der Waals surface area contributed by atoms with Gasteiger partial charge in [-0.2, -0.15) is 0 Å². The van der Waals surface area contributed by atoms with Crippen LogP contribution in [0.25, 0.3) is 0 Å². The molecule has 1 rings (SSSR count). The third-order valence-electron chi connectivity index (χ3n) is 2.28. The van der Waals surface area contributed by atoms with Crippen LogP contribution in [0.4, 0.5) is 0 Å². The third kappa shape index (κ3) is 2.10. The van der Waals surface area contributed by atoms with Crippen LogP contribution in [0.1, 0.15) is 19.8 Å². The maximum atomic E-state index is 11.3. The molecule has 2 atom stereocenters. The predicted molar refractivity (Wildman–Crippen MR) is 46.3 cm³/mol. The van der Waals surface area contributed by atoms with Gasteiger partial charge < -0.3 is 4.74 Å². The van der Waals surface area contributed by atoms with Crippen molar-refractivity contribution in [2.75, 3.05) is 6.61 Å². The zero-order valence-electron chi connectivity index (χ0n) is 7.32. The van der Waals surface area contributed by atoms with Gasteiger partial charge in [0.25, 0.3) is 0 Å². The van der Waals surface area contributed by atoms with Gasteiger partial charge in [-0.05, 0) is 18.8 Å². The molecule has 0 bridgehead atoms. The summed E-state index contributed by atoms with van der Waals surface area (Å²) in [5.74, 6) is 0.238. The molecule has 0 heterocycles. The van der Waals surface area contributed by atoms with E-state index < -0.39 is 0 Å². The number of hydrogen-bond donors (Lipinski definition) is 0. The zero-order valence-corrected chi connectivity index (χ0v) is 7.32. The average molecular weight is 166 g/mol. The molecule has 1 aliphatic rings. The Balaban J connectivity index is 2.49. The summed E-state index contributed by atoms with van der Waals surface area (Å²) in [4.78, 5) is 11.3. The van der Waals surface area contributed by atoms with Gasteiger partial charge in [-0.1, -0.05) is 19.1 Å². The SMILES string of the molecule is [CH]COC(=O)C1CC=CCC1C. The van der Waals surface area contributed by atoms with Crippen LogP contribution in [-0.2, 0) is 9.53 Å². The highest BCUT2D eigenvalue weighted by molar-refractivity contribution is 5.73. The minimum Gasteiger partial charge on any atom is -0.465 e. The molecule has 1 aliphatic carbocycles. The first-order valence-electron chi connectivity index (χ1n) is 4.27. The average Bonchev–Trinajstić information content (AvgIpc) is 2.05. The molecule has 0 aromatic heterocycles. The lowest BCUT2D eigenvalue weighted by atomic mass is 9.84. The van der Waals surface area contributed by atoms with Gasteiger partial charge in [0.05, 0.1) is 12.5 Å². The standard InChI is InChI=1S/C10H14O2/c1-3-12-10(11)9-7-5-4-6-8(9)2/h1,4-5,8-9H,3,6-7H2,2H3. The van der Waals surface area contributed by atoms with Gasteiger partial charge in [-0.25, -0.2) is 0 Å². The van der Waals surface area contributed by atoms with Crippen LogP contribution in [0.2, 0.25) is 0 Å². The molecule has 2 nitrogen and oxygen atoms in total. The van der Waals surface area contributed by atoms with Crippen molar-refractivity contribution in [1.29, 1.82) is 0 Å². The Morgan fingerprint density at radius 3 is 2.83 bits per heavy atom. The second-order valence-electron chi connectivity index (χ2n) is 3.16. The minimum atomic E-state index is -0.158. The highest BCUT2D eigenvalue weighted by Crippen LogP contribution is 2.25. The van der Waals surface area contributed by atoms with Gasteiger partial charge in [0.15, 0.2) is 0 Å². The summed E-state index contributed by atoms with van der Waals surface area (Å²) < 4.78 is 4.76. The predicted octanol–water partition coefficient (Wildman–Crippen LogP) is 1.84. The van der Waals surface area contributed by atoms with Crippen LogP contribution >= 0.6 is 0 Å². The summed E-state index contributed by atoms with van der Waals surface area (Å²) in [5, 5.41) is 0. The third-order valence-corrected chi connectivity index (χ3v) is 2.28. The molecule has 2 radical (unpaired) electrons. The van der Waals surface area contributed by atoms with Crippen LogP contribution in [0.3, 0.4) is 0 Å². The number of esters is 1. The van der Waals surface area contributed by atoms with Crippen molar-refractivity contribution in [3.63, 3.8) is 0 Å². The number of carbonyl (C=O) groups excluding carboxylic acids is 1. The van der Waals surface area contributed by atoms with Crippen LogP contribution in [-0.4, -0.2) is 12.6 Å². The van der Waals surface area contributed by atoms with Gasteiger partial charge in [0, 0.05) is 6.92 Å². The maximum Gasteiger partial charge on any atom is 0.309 e. The second kappa shape index (κ2) is 4.29. The number of allylic oxidation sites excluding steroid dienone is 2. The lowest BCUT2D eigenvalue weighted by Crippen LogP contribution is -2.25. The Kier molecular flexibility index (Phi) is 3.32. The fourth-order valence-electron chi connectivity index (χ4n) is 1.47. The lowest BCUT2D eigenvalue weighted by molar-refractivity contribution is -0.149. The van der Waals surface area contributed by atoms with Crippen molar-refractivity contribution in [3.8, 4) is 0 Å². The molecule has 0 aromatic rings. The first-order valence-corrected chi connectivity index (χ1v) is 4.27. The fourth-order valence-corrected chi connectivity index (χ4v) is 1.47. The van der Waals surface area contributed by atoms with Crippen molar-refractivity contribution in [1.82, 2.24) is 0 Å². The topological polar surface area (TPSA) is 26.3 Å². The largest absolute Gasteiger partial charge is 0.465 e. The molecular weight excluding hydrogens is 152 g/mol. The summed E-state index contributed by atoms with van der Waals surface area (Å²) >= 11 is 0. The lowest BCUT2D eigenvalue weighted by Gasteiger charge is -2.22. The van der Waals surface area contributed by atoms with E-state index in [2.05, 4.69) is 13.0 Å². The summed E-state index contributed by atoms with van der Waals surface area (Å²) in [6.07, 6.45) is 5.89. The van der Waals surface area contributed by atoms with E-state index in [1.54, 1.807) is 0 Å². The fraction of sp³-hybridized carbons (Fsp3) is 0.600. The highest BCUT2D eigenvalue weighted by Gasteiger charge is 2.26. The van der Waals surface area contributed by atoms with Crippen molar-refractivity contribution < 1.29 is 9.53 Å². The van der Waals surface area contributed by atoms with E-state index in [4.69, 9.17) is 11.7 Å². The van der Waals surface area contributed by atoms with Gasteiger partial charge in [0.1, 0.15) is 0 Å². The molecule has 2 unspecified atom stereocenters. The van der Waals surface area contributed by atoms with Crippen molar-refractivity contribution in [3.05, 3.63) is 19.1 Å². The molecule has 0 saturated heterocycles. The molecule has 2 heteroatoms. The Morgan fingerprint density at radius 2 is 2.25 bits per heavy atom. The first-order chi connectivity index (χ1) is 5.75. The van der Waals surface area contributed by atoms with Crippen molar-refractivity contribution >= 4 is 5.97 Å². The molecule has 0 aliphatic heterocycles. The van der Waals surface area contributed by atoms with Crippen LogP contribution in [0.5, 0.6) is 0 Å². The van der Waals surface area contributed by atoms with Gasteiger partial charge in [-0.15, -0.1) is 0 Å². The first kappa shape index (κ1) is 9.30. The minimum absolute atomic E-state index is 0.00817. The van der Waals surface area contributed by atoms with E-state index in [1.807, 2.05) is 6.08 Å². The monoisotopic (exact) mass is 166 g/mol. The molecule has 12 heavy (non-hydrogen) atoms. The maximum absolute atomic E-state index is 11.3. The normalized spacial score (nSPS) is 28.5. The Bertz CT molecular complexity index is 184. The van der Waals surface area contributed by atoms with Gasteiger partial charge >= 0.3 is 5.97 Å².